The second-order valence-electron chi connectivity index (χ2n) is 4.11. The fraction of sp³-hybridized carbons (Fsp3) is 0.250. The molecule has 0 atom stereocenters. The molecule has 3 rings (SSSR count). The van der Waals surface area contributed by atoms with Gasteiger partial charge >= 0.3 is 0 Å². The van der Waals surface area contributed by atoms with Crippen molar-refractivity contribution in [3.8, 4) is 5.69 Å². The van der Waals surface area contributed by atoms with Crippen LogP contribution < -0.4 is 10.9 Å². The highest BCUT2D eigenvalue weighted by Crippen LogP contribution is 2.18. The molecule has 0 bridgehead atoms. The lowest BCUT2D eigenvalue weighted by molar-refractivity contribution is 0.614. The molecule has 0 aliphatic carbocycles. The zero-order valence-corrected chi connectivity index (χ0v) is 10.8. The van der Waals surface area contributed by atoms with Crippen LogP contribution in [0.1, 0.15) is 11.3 Å². The van der Waals surface area contributed by atoms with Crippen molar-refractivity contribution >= 4 is 15.9 Å². The molecule has 0 saturated carbocycles. The highest BCUT2D eigenvalue weighted by molar-refractivity contribution is 9.10. The minimum absolute atomic E-state index is 0.0291. The minimum atomic E-state index is 0.0291. The highest BCUT2D eigenvalue weighted by atomic mass is 79.9. The maximum atomic E-state index is 11.8. The Hall–Kier alpha value is -1.33. The van der Waals surface area contributed by atoms with Gasteiger partial charge in [0, 0.05) is 16.6 Å². The van der Waals surface area contributed by atoms with Gasteiger partial charge in [-0.15, -0.1) is 0 Å². The van der Waals surface area contributed by atoms with Crippen molar-refractivity contribution in [2.75, 3.05) is 6.54 Å². The molecule has 1 aromatic heterocycles. The molecule has 0 unspecified atom stereocenters. The molecule has 0 amide bonds. The van der Waals surface area contributed by atoms with Crippen molar-refractivity contribution < 1.29 is 0 Å². The van der Waals surface area contributed by atoms with Gasteiger partial charge < -0.3 is 5.32 Å². The summed E-state index contributed by atoms with van der Waals surface area (Å²) in [5.41, 5.74) is 2.95. The van der Waals surface area contributed by atoms with Crippen LogP contribution in [0.15, 0.2) is 33.5 Å². The van der Waals surface area contributed by atoms with Gasteiger partial charge in [0.1, 0.15) is 0 Å². The first-order valence-corrected chi connectivity index (χ1v) is 6.34. The molecule has 88 valence electrons. The molecule has 17 heavy (non-hydrogen) atoms. The molecule has 0 fully saturated rings. The first-order valence-electron chi connectivity index (χ1n) is 5.55. The first kappa shape index (κ1) is 10.8. The van der Waals surface area contributed by atoms with Crippen molar-refractivity contribution in [2.24, 2.45) is 0 Å². The zero-order chi connectivity index (χ0) is 11.8. The minimum Gasteiger partial charge on any atom is -0.311 e. The van der Waals surface area contributed by atoms with E-state index in [2.05, 4.69) is 26.3 Å². The Kier molecular flexibility index (Phi) is 2.64. The molecule has 0 spiro atoms. The molecule has 0 radical (unpaired) electrons. The van der Waals surface area contributed by atoms with E-state index in [1.807, 2.05) is 28.9 Å². The van der Waals surface area contributed by atoms with Crippen LogP contribution in [-0.2, 0) is 13.0 Å². The van der Waals surface area contributed by atoms with Crippen LogP contribution in [0.25, 0.3) is 5.69 Å². The summed E-state index contributed by atoms with van der Waals surface area (Å²) in [4.78, 5) is 11.8. The van der Waals surface area contributed by atoms with Crippen LogP contribution >= 0.6 is 15.9 Å². The Bertz CT molecular complexity index is 614. The van der Waals surface area contributed by atoms with Crippen molar-refractivity contribution in [2.45, 2.75) is 13.0 Å². The lowest BCUT2D eigenvalue weighted by Crippen LogP contribution is -2.26. The number of halogens is 1. The zero-order valence-electron chi connectivity index (χ0n) is 9.16. The predicted octanol–water partition coefficient (Wildman–Crippen LogP) is 1.57. The summed E-state index contributed by atoms with van der Waals surface area (Å²) in [5, 5.41) is 6.19. The number of hydrogen-bond donors (Lipinski definition) is 2. The SMILES string of the molecule is O=c1[nH]n(-c2cccc(Br)c2)c2c1CCNC2. The lowest BCUT2D eigenvalue weighted by atomic mass is 10.1. The third-order valence-electron chi connectivity index (χ3n) is 3.02. The summed E-state index contributed by atoms with van der Waals surface area (Å²) in [5.74, 6) is 0. The Labute approximate surface area is 107 Å². The van der Waals surface area contributed by atoms with Gasteiger partial charge in [-0.1, -0.05) is 22.0 Å². The predicted molar refractivity (Wildman–Crippen MR) is 69.5 cm³/mol. The third-order valence-corrected chi connectivity index (χ3v) is 3.51. The van der Waals surface area contributed by atoms with E-state index in [1.165, 1.54) is 0 Å². The number of aromatic amines is 1. The van der Waals surface area contributed by atoms with Crippen molar-refractivity contribution in [1.82, 2.24) is 15.1 Å². The van der Waals surface area contributed by atoms with Crippen LogP contribution in [0.5, 0.6) is 0 Å². The van der Waals surface area contributed by atoms with E-state index in [0.29, 0.717) is 0 Å². The van der Waals surface area contributed by atoms with Crippen LogP contribution in [-0.4, -0.2) is 16.3 Å². The Balaban J connectivity index is 2.18. The monoisotopic (exact) mass is 293 g/mol. The molecular formula is C12H12BrN3O. The fourth-order valence-corrected chi connectivity index (χ4v) is 2.59. The molecule has 0 saturated heterocycles. The quantitative estimate of drug-likeness (QED) is 0.839. The van der Waals surface area contributed by atoms with E-state index in [9.17, 15) is 4.79 Å². The molecular weight excluding hydrogens is 282 g/mol. The average Bonchev–Trinajstić information content (AvgIpc) is 2.68. The highest BCUT2D eigenvalue weighted by Gasteiger charge is 2.18. The van der Waals surface area contributed by atoms with Crippen LogP contribution in [0.3, 0.4) is 0 Å². The largest absolute Gasteiger partial charge is 0.311 e. The summed E-state index contributed by atoms with van der Waals surface area (Å²) in [6.07, 6.45) is 0.797. The van der Waals surface area contributed by atoms with Crippen LogP contribution in [0, 0.1) is 0 Å². The second kappa shape index (κ2) is 4.16. The number of benzene rings is 1. The topological polar surface area (TPSA) is 49.8 Å². The molecule has 1 aromatic carbocycles. The molecule has 1 aliphatic rings. The fourth-order valence-electron chi connectivity index (χ4n) is 2.20. The molecule has 2 N–H and O–H groups in total. The van der Waals surface area contributed by atoms with Crippen molar-refractivity contribution in [3.05, 3.63) is 50.3 Å². The van der Waals surface area contributed by atoms with E-state index in [4.69, 9.17) is 0 Å². The van der Waals surface area contributed by atoms with Gasteiger partial charge in [-0.05, 0) is 31.2 Å². The summed E-state index contributed by atoms with van der Waals surface area (Å²) >= 11 is 3.44. The van der Waals surface area contributed by atoms with Crippen molar-refractivity contribution in [3.63, 3.8) is 0 Å². The van der Waals surface area contributed by atoms with E-state index >= 15 is 0 Å². The second-order valence-corrected chi connectivity index (χ2v) is 5.02. The Morgan fingerprint density at radius 1 is 1.35 bits per heavy atom. The number of fused-ring (bicyclic) bond motifs is 1. The van der Waals surface area contributed by atoms with Gasteiger partial charge in [0.15, 0.2) is 0 Å². The van der Waals surface area contributed by atoms with Gasteiger partial charge in [0.2, 0.25) is 0 Å². The molecule has 1 aliphatic heterocycles. The summed E-state index contributed by atoms with van der Waals surface area (Å²) in [7, 11) is 0. The number of nitrogens with one attached hydrogen (secondary N) is 2. The average molecular weight is 294 g/mol. The summed E-state index contributed by atoms with van der Waals surface area (Å²) < 4.78 is 2.87. The number of H-pyrrole nitrogens is 1. The van der Waals surface area contributed by atoms with Gasteiger partial charge in [0.25, 0.3) is 5.56 Å². The van der Waals surface area contributed by atoms with E-state index in [1.54, 1.807) is 0 Å². The van der Waals surface area contributed by atoms with E-state index < -0.39 is 0 Å². The molecule has 4 nitrogen and oxygen atoms in total. The Morgan fingerprint density at radius 3 is 3.06 bits per heavy atom. The van der Waals surface area contributed by atoms with Crippen molar-refractivity contribution in [1.29, 1.82) is 0 Å². The van der Waals surface area contributed by atoms with Gasteiger partial charge in [-0.3, -0.25) is 14.6 Å². The first-order chi connectivity index (χ1) is 8.25. The van der Waals surface area contributed by atoms with Gasteiger partial charge in [0.05, 0.1) is 11.4 Å². The lowest BCUT2D eigenvalue weighted by Gasteiger charge is -2.15. The van der Waals surface area contributed by atoms with Gasteiger partial charge in [-0.2, -0.15) is 0 Å². The standard InChI is InChI=1S/C12H12BrN3O/c13-8-2-1-3-9(6-8)16-11-7-14-5-4-10(11)12(17)15-16/h1-3,6,14H,4-5,7H2,(H,15,17). The summed E-state index contributed by atoms with van der Waals surface area (Å²) in [6, 6.07) is 7.90. The smallest absolute Gasteiger partial charge is 0.267 e. The third kappa shape index (κ3) is 1.85. The van der Waals surface area contributed by atoms with Crippen LogP contribution in [0.2, 0.25) is 0 Å². The number of nitrogens with zero attached hydrogens (tertiary/aromatic N) is 1. The number of aromatic nitrogens is 2. The summed E-state index contributed by atoms with van der Waals surface area (Å²) in [6.45, 7) is 1.61. The number of hydrogen-bond acceptors (Lipinski definition) is 2. The normalized spacial score (nSPS) is 14.6. The maximum absolute atomic E-state index is 11.8. The number of rotatable bonds is 1. The van der Waals surface area contributed by atoms with Gasteiger partial charge in [-0.25, -0.2) is 0 Å². The van der Waals surface area contributed by atoms with Crippen LogP contribution in [0.4, 0.5) is 0 Å². The molecule has 5 heteroatoms. The van der Waals surface area contributed by atoms with E-state index in [0.717, 1.165) is 40.9 Å². The molecule has 2 heterocycles. The van der Waals surface area contributed by atoms with E-state index in [-0.39, 0.29) is 5.56 Å². The maximum Gasteiger partial charge on any atom is 0.267 e. The molecule has 2 aromatic rings. The Morgan fingerprint density at radius 2 is 2.24 bits per heavy atom.